The van der Waals surface area contributed by atoms with E-state index in [-0.39, 0.29) is 11.9 Å². The molecule has 0 aliphatic carbocycles. The van der Waals surface area contributed by atoms with Crippen LogP contribution in [-0.2, 0) is 24.0 Å². The van der Waals surface area contributed by atoms with Gasteiger partial charge in [-0.1, -0.05) is 18.2 Å². The van der Waals surface area contributed by atoms with E-state index < -0.39 is 30.0 Å². The van der Waals surface area contributed by atoms with Crippen molar-refractivity contribution in [2.75, 3.05) is 38.6 Å². The van der Waals surface area contributed by atoms with Crippen LogP contribution in [0.5, 0.6) is 5.88 Å². The first-order chi connectivity index (χ1) is 20.9. The van der Waals surface area contributed by atoms with Crippen molar-refractivity contribution in [3.63, 3.8) is 0 Å². The summed E-state index contributed by atoms with van der Waals surface area (Å²) in [7, 11) is 1.57. The van der Waals surface area contributed by atoms with Gasteiger partial charge in [0.25, 0.3) is 0 Å². The van der Waals surface area contributed by atoms with Gasteiger partial charge in [-0.15, -0.1) is 0 Å². The molecule has 0 unspecified atom stereocenters. The van der Waals surface area contributed by atoms with Gasteiger partial charge >= 0.3 is 23.9 Å². The molecule has 16 nitrogen and oxygen atoms in total. The summed E-state index contributed by atoms with van der Waals surface area (Å²) in [6.45, 7) is 2.53. The van der Waals surface area contributed by atoms with Crippen molar-refractivity contribution in [1.82, 2.24) is 20.2 Å². The lowest BCUT2D eigenvalue weighted by molar-refractivity contribution is -0.159. The molecule has 1 fully saturated rings. The molecule has 4 rings (SSSR count). The molecule has 236 valence electrons. The second-order valence-corrected chi connectivity index (χ2v) is 9.23. The molecule has 16 heteroatoms. The second kappa shape index (κ2) is 17.7. The van der Waals surface area contributed by atoms with E-state index in [1.54, 1.807) is 19.4 Å². The van der Waals surface area contributed by atoms with Gasteiger partial charge in [-0.25, -0.2) is 24.2 Å². The Bertz CT molecular complexity index is 1380. The van der Waals surface area contributed by atoms with E-state index in [0.717, 1.165) is 42.7 Å². The number of aliphatic carboxylic acids is 4. The maximum atomic E-state index is 12.1. The van der Waals surface area contributed by atoms with Gasteiger partial charge in [-0.05, 0) is 50.2 Å². The first-order valence-corrected chi connectivity index (χ1v) is 13.1. The highest BCUT2D eigenvalue weighted by atomic mass is 16.5. The summed E-state index contributed by atoms with van der Waals surface area (Å²) in [6.07, 6.45) is 2.88. The number of β-amino-alcohol motifs (C(OH)–C–C–N with tert-alkyl or cyclic N) is 1. The van der Waals surface area contributed by atoms with Crippen LogP contribution in [0.1, 0.15) is 24.5 Å². The zero-order chi connectivity index (χ0) is 32.6. The second-order valence-electron chi connectivity index (χ2n) is 9.23. The third-order valence-corrected chi connectivity index (χ3v) is 6.15. The molecular weight excluding hydrogens is 582 g/mol. The van der Waals surface area contributed by atoms with Crippen LogP contribution in [0.15, 0.2) is 54.7 Å². The summed E-state index contributed by atoms with van der Waals surface area (Å²) >= 11 is 0. The summed E-state index contributed by atoms with van der Waals surface area (Å²) in [5.74, 6) is -6.83. The number of aliphatic hydroxyl groups excluding tert-OH is 1. The molecule has 1 saturated heterocycles. The topological polar surface area (TPSA) is 249 Å². The third kappa shape index (κ3) is 12.0. The number of carbonyl (C=O) groups excluding carboxylic acids is 1. The van der Waals surface area contributed by atoms with Crippen LogP contribution in [0.3, 0.4) is 0 Å². The minimum atomic E-state index is -1.82. The Morgan fingerprint density at radius 1 is 0.909 bits per heavy atom. The number of rotatable bonds is 8. The molecule has 1 amide bonds. The van der Waals surface area contributed by atoms with Crippen molar-refractivity contribution in [2.45, 2.75) is 25.0 Å². The average molecular weight is 616 g/mol. The largest absolute Gasteiger partial charge is 0.481 e. The first kappa shape index (κ1) is 35.0. The number of methoxy groups -OCH3 is 1. The number of hydrogen-bond donors (Lipinski definition) is 7. The molecule has 0 radical (unpaired) electrons. The Balaban J connectivity index is 0.000000477. The average Bonchev–Trinajstić information content (AvgIpc) is 3.01. The molecule has 1 aromatic carbocycles. The minimum absolute atomic E-state index is 0.0402. The van der Waals surface area contributed by atoms with Gasteiger partial charge in [0.05, 0.1) is 30.8 Å². The highest BCUT2D eigenvalue weighted by Gasteiger charge is 2.23. The van der Waals surface area contributed by atoms with Gasteiger partial charge in [0, 0.05) is 36.1 Å². The number of amides is 1. The molecule has 44 heavy (non-hydrogen) atoms. The van der Waals surface area contributed by atoms with Gasteiger partial charge in [-0.2, -0.15) is 0 Å². The van der Waals surface area contributed by atoms with Crippen LogP contribution >= 0.6 is 0 Å². The number of likely N-dealkylation sites (tertiary alicyclic amines) is 1. The fourth-order valence-corrected chi connectivity index (χ4v) is 4.04. The van der Waals surface area contributed by atoms with Crippen LogP contribution in [0.25, 0.3) is 11.0 Å². The Kier molecular flexibility index (Phi) is 14.1. The summed E-state index contributed by atoms with van der Waals surface area (Å²) < 4.78 is 5.23. The van der Waals surface area contributed by atoms with Crippen molar-refractivity contribution in [1.29, 1.82) is 0 Å². The molecule has 1 aliphatic rings. The number of nitrogens with one attached hydrogen (secondary N) is 2. The highest BCUT2D eigenvalue weighted by Crippen LogP contribution is 2.25. The maximum Gasteiger partial charge on any atom is 0.414 e. The normalized spacial score (nSPS) is 13.7. The molecule has 2 aromatic heterocycles. The van der Waals surface area contributed by atoms with Gasteiger partial charge in [0.1, 0.15) is 0 Å². The highest BCUT2D eigenvalue weighted by molar-refractivity contribution is 6.27. The van der Waals surface area contributed by atoms with Crippen LogP contribution in [0, 0.1) is 0 Å². The van der Waals surface area contributed by atoms with E-state index in [1.165, 1.54) is 0 Å². The number of benzene rings is 1. The van der Waals surface area contributed by atoms with E-state index in [0.29, 0.717) is 24.5 Å². The number of hydrogen-bond acceptors (Lipinski definition) is 11. The zero-order valence-electron chi connectivity index (χ0n) is 23.6. The molecule has 0 bridgehead atoms. The van der Waals surface area contributed by atoms with Crippen LogP contribution in [0.4, 0.5) is 5.69 Å². The molecule has 7 N–H and O–H groups in total. The Labute approximate surface area is 250 Å². The summed E-state index contributed by atoms with van der Waals surface area (Å²) in [5, 5.41) is 46.7. The number of pyridine rings is 2. The van der Waals surface area contributed by atoms with Crippen LogP contribution < -0.4 is 15.4 Å². The summed E-state index contributed by atoms with van der Waals surface area (Å²) in [5.41, 5.74) is 2.96. The quantitative estimate of drug-likeness (QED) is 0.172. The smallest absolute Gasteiger partial charge is 0.414 e. The monoisotopic (exact) mass is 615 g/mol. The molecule has 1 aliphatic heterocycles. The number of carboxylic acid groups (broad SMARTS) is 4. The molecule has 1 atom stereocenters. The Morgan fingerprint density at radius 3 is 2.05 bits per heavy atom. The lowest BCUT2D eigenvalue weighted by Gasteiger charge is -2.33. The number of aromatic nitrogens is 2. The van der Waals surface area contributed by atoms with Crippen molar-refractivity contribution >= 4 is 46.5 Å². The fourth-order valence-electron chi connectivity index (χ4n) is 4.04. The van der Waals surface area contributed by atoms with Crippen molar-refractivity contribution in [3.8, 4) is 5.88 Å². The fraction of sp³-hybridized carbons (Fsp3) is 0.321. The number of carboxylic acids is 4. The maximum absolute atomic E-state index is 12.1. The van der Waals surface area contributed by atoms with Crippen molar-refractivity contribution in [2.24, 2.45) is 0 Å². The zero-order valence-corrected chi connectivity index (χ0v) is 23.6. The molecule has 0 saturated carbocycles. The SMILES string of the molecule is COc1ccc2nccc([C@@H](O)CN3CCC(NCC(=O)Nc4ccccc4)CC3)c2n1.O=C(O)C(=O)O.O=C(O)C(=O)O. The number of piperidine rings is 1. The number of aliphatic hydroxyl groups is 1. The van der Waals surface area contributed by atoms with E-state index in [9.17, 15) is 9.90 Å². The number of carbonyl (C=O) groups is 5. The minimum Gasteiger partial charge on any atom is -0.481 e. The van der Waals surface area contributed by atoms with E-state index >= 15 is 0 Å². The Hall–Kier alpha value is -5.19. The first-order valence-electron chi connectivity index (χ1n) is 13.1. The molecule has 0 spiro atoms. The molecule has 3 aromatic rings. The van der Waals surface area contributed by atoms with Gasteiger partial charge in [-0.3, -0.25) is 9.78 Å². The lowest BCUT2D eigenvalue weighted by atomic mass is 10.0. The van der Waals surface area contributed by atoms with Gasteiger partial charge < -0.3 is 45.8 Å². The number of nitrogens with zero attached hydrogens (tertiary/aromatic N) is 3. The number of para-hydroxylation sites is 1. The standard InChI is InChI=1S/C24H29N5O3.2C2H2O4/c1-32-23-8-7-20-24(28-23)19(9-12-25-20)21(30)16-29-13-10-17(11-14-29)26-15-22(31)27-18-5-3-2-4-6-18;2*3-1(4)2(5)6/h2-9,12,17,21,26,30H,10-11,13-16H2,1H3,(H,27,31);2*(H,3,4)(H,5,6)/t21-;;/m0../s1. The number of fused-ring (bicyclic) bond motifs is 1. The van der Waals surface area contributed by atoms with Crippen LogP contribution in [-0.4, -0.2) is 110 Å². The predicted molar refractivity (Wildman–Crippen MR) is 154 cm³/mol. The number of ether oxygens (including phenoxy) is 1. The number of anilines is 1. The van der Waals surface area contributed by atoms with Crippen LogP contribution in [0.2, 0.25) is 0 Å². The lowest BCUT2D eigenvalue weighted by Crippen LogP contribution is -2.45. The summed E-state index contributed by atoms with van der Waals surface area (Å²) in [6, 6.07) is 15.2. The predicted octanol–water partition coefficient (Wildman–Crippen LogP) is 0.676. The molecular formula is C28H33N5O11. The van der Waals surface area contributed by atoms with E-state index in [1.807, 2.05) is 42.5 Å². The Morgan fingerprint density at radius 2 is 1.50 bits per heavy atom. The van der Waals surface area contributed by atoms with E-state index in [4.69, 9.17) is 44.3 Å². The van der Waals surface area contributed by atoms with Gasteiger partial charge in [0.2, 0.25) is 11.8 Å². The van der Waals surface area contributed by atoms with Crippen molar-refractivity contribution in [3.05, 3.63) is 60.3 Å². The third-order valence-electron chi connectivity index (χ3n) is 6.15. The van der Waals surface area contributed by atoms with Crippen molar-refractivity contribution < 1.29 is 54.2 Å². The van der Waals surface area contributed by atoms with E-state index in [2.05, 4.69) is 25.5 Å². The van der Waals surface area contributed by atoms with Gasteiger partial charge in [0.15, 0.2) is 0 Å². The summed E-state index contributed by atoms with van der Waals surface area (Å²) in [4.78, 5) is 59.6. The molecule has 3 heterocycles.